The molecule has 90 valence electrons. The summed E-state index contributed by atoms with van der Waals surface area (Å²) in [5.74, 6) is 0.791. The van der Waals surface area contributed by atoms with Crippen LogP contribution < -0.4 is 0 Å². The minimum atomic E-state index is 0.192. The van der Waals surface area contributed by atoms with Crippen molar-refractivity contribution in [2.24, 2.45) is 0 Å². The van der Waals surface area contributed by atoms with E-state index in [-0.39, 0.29) is 9.52 Å². The Balaban J connectivity index is 2.09. The van der Waals surface area contributed by atoms with E-state index in [1.54, 1.807) is 6.04 Å². The molecule has 16 heavy (non-hydrogen) atoms. The number of rotatable bonds is 8. The van der Waals surface area contributed by atoms with E-state index in [1.165, 1.54) is 37.3 Å². The first-order valence-corrected chi connectivity index (χ1v) is 8.89. The van der Waals surface area contributed by atoms with Crippen molar-refractivity contribution in [3.05, 3.63) is 35.9 Å². The zero-order chi connectivity index (χ0) is 11.6. The Labute approximate surface area is 103 Å². The minimum Gasteiger partial charge on any atom is -0.0654 e. The van der Waals surface area contributed by atoms with Gasteiger partial charge in [0, 0.05) is 9.52 Å². The van der Waals surface area contributed by atoms with Gasteiger partial charge in [-0.25, -0.2) is 0 Å². The first-order chi connectivity index (χ1) is 7.84. The Morgan fingerprint density at radius 2 is 1.81 bits per heavy atom. The Hall–Kier alpha value is -0.563. The van der Waals surface area contributed by atoms with Crippen LogP contribution in [0.15, 0.2) is 30.3 Å². The van der Waals surface area contributed by atoms with Gasteiger partial charge in [0.15, 0.2) is 0 Å². The SMILES string of the molecule is CCCCCC[SiH2]CC(C)c1ccccc1. The van der Waals surface area contributed by atoms with E-state index in [2.05, 4.69) is 44.2 Å². The second-order valence-corrected chi connectivity index (χ2v) is 6.86. The summed E-state index contributed by atoms with van der Waals surface area (Å²) in [6.45, 7) is 4.67. The Bertz CT molecular complexity index is 255. The van der Waals surface area contributed by atoms with E-state index >= 15 is 0 Å². The van der Waals surface area contributed by atoms with Crippen LogP contribution in [0, 0.1) is 0 Å². The molecule has 0 saturated carbocycles. The molecular weight excluding hydrogens is 208 g/mol. The maximum absolute atomic E-state index is 2.38. The first kappa shape index (κ1) is 13.5. The molecule has 0 heterocycles. The lowest BCUT2D eigenvalue weighted by atomic mass is 10.0. The van der Waals surface area contributed by atoms with Gasteiger partial charge in [-0.15, -0.1) is 0 Å². The minimum absolute atomic E-state index is 0.192. The fraction of sp³-hybridized carbons (Fsp3) is 0.600. The molecule has 1 aromatic carbocycles. The van der Waals surface area contributed by atoms with Gasteiger partial charge in [-0.2, -0.15) is 0 Å². The van der Waals surface area contributed by atoms with Crippen molar-refractivity contribution in [3.8, 4) is 0 Å². The van der Waals surface area contributed by atoms with E-state index in [0.717, 1.165) is 5.92 Å². The first-order valence-electron chi connectivity index (χ1n) is 6.89. The molecule has 0 amide bonds. The second kappa shape index (κ2) is 8.57. The van der Waals surface area contributed by atoms with Gasteiger partial charge in [0.05, 0.1) is 0 Å². The number of unbranched alkanes of at least 4 members (excludes halogenated alkanes) is 3. The Kier molecular flexibility index (Phi) is 7.23. The van der Waals surface area contributed by atoms with Crippen molar-refractivity contribution in [1.29, 1.82) is 0 Å². The predicted molar refractivity (Wildman–Crippen MR) is 77.2 cm³/mol. The molecule has 0 nitrogen and oxygen atoms in total. The van der Waals surface area contributed by atoms with Gasteiger partial charge < -0.3 is 0 Å². The van der Waals surface area contributed by atoms with Crippen LogP contribution in [-0.4, -0.2) is 9.52 Å². The summed E-state index contributed by atoms with van der Waals surface area (Å²) in [6, 6.07) is 14.0. The summed E-state index contributed by atoms with van der Waals surface area (Å²) in [4.78, 5) is 0. The van der Waals surface area contributed by atoms with Gasteiger partial charge in [0.1, 0.15) is 0 Å². The van der Waals surface area contributed by atoms with E-state index in [9.17, 15) is 0 Å². The standard InChI is InChI=1S/C15H26Si/c1-3-4-5-9-12-16-13-14(2)15-10-7-6-8-11-15/h6-8,10-11,14H,3-5,9,12-13,16H2,1-2H3. The third-order valence-corrected chi connectivity index (χ3v) is 5.63. The van der Waals surface area contributed by atoms with Crippen molar-refractivity contribution >= 4 is 9.52 Å². The molecule has 1 heteroatoms. The highest BCUT2D eigenvalue weighted by atomic mass is 28.2. The molecule has 0 fully saturated rings. The van der Waals surface area contributed by atoms with Crippen LogP contribution in [0.5, 0.6) is 0 Å². The maximum Gasteiger partial charge on any atom is 0.0204 e. The number of hydrogen-bond donors (Lipinski definition) is 0. The van der Waals surface area contributed by atoms with Crippen molar-refractivity contribution < 1.29 is 0 Å². The molecule has 0 aliphatic rings. The van der Waals surface area contributed by atoms with Crippen LogP contribution in [0.4, 0.5) is 0 Å². The fourth-order valence-electron chi connectivity index (χ4n) is 2.18. The quantitative estimate of drug-likeness (QED) is 0.463. The summed E-state index contributed by atoms with van der Waals surface area (Å²) in [5.41, 5.74) is 1.53. The van der Waals surface area contributed by atoms with Gasteiger partial charge in [-0.05, 0) is 11.5 Å². The molecular formula is C15H26Si. The summed E-state index contributed by atoms with van der Waals surface area (Å²) in [6.07, 6.45) is 5.75. The van der Waals surface area contributed by atoms with Crippen molar-refractivity contribution in [2.45, 2.75) is 57.5 Å². The van der Waals surface area contributed by atoms with Crippen LogP contribution in [-0.2, 0) is 0 Å². The summed E-state index contributed by atoms with van der Waals surface area (Å²) in [5, 5.41) is 0. The molecule has 0 N–H and O–H groups in total. The van der Waals surface area contributed by atoms with E-state index in [4.69, 9.17) is 0 Å². The van der Waals surface area contributed by atoms with Gasteiger partial charge in [0.25, 0.3) is 0 Å². The average molecular weight is 234 g/mol. The fourth-order valence-corrected chi connectivity index (χ4v) is 4.12. The van der Waals surface area contributed by atoms with E-state index < -0.39 is 0 Å². The largest absolute Gasteiger partial charge is 0.0654 e. The lowest BCUT2D eigenvalue weighted by Gasteiger charge is -2.10. The number of hydrogen-bond acceptors (Lipinski definition) is 0. The van der Waals surface area contributed by atoms with Gasteiger partial charge in [0.2, 0.25) is 0 Å². The molecule has 0 aromatic heterocycles. The van der Waals surface area contributed by atoms with Crippen LogP contribution >= 0.6 is 0 Å². The molecule has 0 aliphatic heterocycles. The summed E-state index contributed by atoms with van der Waals surface area (Å²) in [7, 11) is 0.192. The van der Waals surface area contributed by atoms with Gasteiger partial charge in [-0.3, -0.25) is 0 Å². The lowest BCUT2D eigenvalue weighted by Crippen LogP contribution is -1.98. The summed E-state index contributed by atoms with van der Waals surface area (Å²) >= 11 is 0. The van der Waals surface area contributed by atoms with Crippen molar-refractivity contribution in [2.75, 3.05) is 0 Å². The third-order valence-electron chi connectivity index (χ3n) is 3.36. The Morgan fingerprint density at radius 3 is 2.50 bits per heavy atom. The van der Waals surface area contributed by atoms with E-state index in [1.807, 2.05) is 0 Å². The van der Waals surface area contributed by atoms with Crippen LogP contribution in [0.3, 0.4) is 0 Å². The smallest absolute Gasteiger partial charge is 0.0204 e. The highest BCUT2D eigenvalue weighted by Gasteiger charge is 2.04. The Morgan fingerprint density at radius 1 is 1.06 bits per heavy atom. The number of benzene rings is 1. The predicted octanol–water partition coefficient (Wildman–Crippen LogP) is 4.38. The molecule has 0 saturated heterocycles. The summed E-state index contributed by atoms with van der Waals surface area (Å²) < 4.78 is 0. The van der Waals surface area contributed by atoms with Crippen LogP contribution in [0.25, 0.3) is 0 Å². The second-order valence-electron chi connectivity index (χ2n) is 4.87. The van der Waals surface area contributed by atoms with Crippen LogP contribution in [0.2, 0.25) is 12.1 Å². The molecule has 1 unspecified atom stereocenters. The van der Waals surface area contributed by atoms with Crippen LogP contribution in [0.1, 0.15) is 51.0 Å². The molecule has 0 aliphatic carbocycles. The zero-order valence-electron chi connectivity index (χ0n) is 10.9. The molecule has 0 bridgehead atoms. The molecule has 0 radical (unpaired) electrons. The molecule has 1 rings (SSSR count). The molecule has 1 aromatic rings. The average Bonchev–Trinajstić information content (AvgIpc) is 2.34. The molecule has 0 spiro atoms. The van der Waals surface area contributed by atoms with Crippen molar-refractivity contribution in [1.82, 2.24) is 0 Å². The normalized spacial score (nSPS) is 13.4. The van der Waals surface area contributed by atoms with Gasteiger partial charge in [-0.1, -0.05) is 82.0 Å². The topological polar surface area (TPSA) is 0 Å². The maximum atomic E-state index is 2.38. The highest BCUT2D eigenvalue weighted by molar-refractivity contribution is 6.35. The zero-order valence-corrected chi connectivity index (χ0v) is 12.3. The van der Waals surface area contributed by atoms with Gasteiger partial charge >= 0.3 is 0 Å². The van der Waals surface area contributed by atoms with Crippen molar-refractivity contribution in [3.63, 3.8) is 0 Å². The monoisotopic (exact) mass is 234 g/mol. The van der Waals surface area contributed by atoms with E-state index in [0.29, 0.717) is 0 Å². The molecule has 1 atom stereocenters. The lowest BCUT2D eigenvalue weighted by molar-refractivity contribution is 0.698. The third kappa shape index (κ3) is 5.50. The highest BCUT2D eigenvalue weighted by Crippen LogP contribution is 2.19.